The van der Waals surface area contributed by atoms with Crippen LogP contribution in [0.4, 0.5) is 43.9 Å². The molecule has 0 bridgehead atoms. The topological polar surface area (TPSA) is 20.2 Å². The van der Waals surface area contributed by atoms with E-state index in [1.807, 2.05) is 0 Å². The fourth-order valence-electron chi connectivity index (χ4n) is 0.528. The molecule has 0 radical (unpaired) electrons. The van der Waals surface area contributed by atoms with E-state index < -0.39 is 30.3 Å². The maximum absolute atomic E-state index is 12.1. The Morgan fingerprint density at radius 3 is 1.19 bits per heavy atom. The van der Waals surface area contributed by atoms with Crippen molar-refractivity contribution in [2.45, 2.75) is 30.3 Å². The summed E-state index contributed by atoms with van der Waals surface area (Å²) in [7, 11) is 0. The van der Waals surface area contributed by atoms with E-state index in [-0.39, 0.29) is 0 Å². The summed E-state index contributed by atoms with van der Waals surface area (Å²) >= 11 is 0. The van der Waals surface area contributed by atoms with Crippen molar-refractivity contribution >= 4 is 0 Å². The Morgan fingerprint density at radius 2 is 1.00 bits per heavy atom. The summed E-state index contributed by atoms with van der Waals surface area (Å²) in [4.78, 5) is 0. The van der Waals surface area contributed by atoms with Crippen LogP contribution >= 0.6 is 0 Å². The lowest BCUT2D eigenvalue weighted by molar-refractivity contribution is -0.391. The van der Waals surface area contributed by atoms with Gasteiger partial charge in [-0.25, -0.2) is 4.39 Å². The maximum atomic E-state index is 12.1. The molecule has 1 nitrogen and oxygen atoms in total. The lowest BCUT2D eigenvalue weighted by Crippen LogP contribution is -2.60. The second-order valence-corrected chi connectivity index (χ2v) is 2.65. The Morgan fingerprint density at radius 1 is 0.688 bits per heavy atom. The Bertz CT molecular complexity index is 223. The highest BCUT2D eigenvalue weighted by Gasteiger charge is 2.75. The molecule has 0 aliphatic carbocycles. The summed E-state index contributed by atoms with van der Waals surface area (Å²) in [5.41, 5.74) is 0. The molecule has 0 aromatic rings. The lowest BCUT2D eigenvalue weighted by atomic mass is 10.1. The number of alkyl halides is 10. The molecule has 0 rings (SSSR count). The van der Waals surface area contributed by atoms with Crippen molar-refractivity contribution in [3.05, 3.63) is 0 Å². The highest BCUT2D eigenvalue weighted by molar-refractivity contribution is 4.96. The summed E-state index contributed by atoms with van der Waals surface area (Å²) < 4.78 is 117. The summed E-state index contributed by atoms with van der Waals surface area (Å²) in [6, 6.07) is 0. The first-order valence-corrected chi connectivity index (χ1v) is 3.22. The number of rotatable bonds is 2. The van der Waals surface area contributed by atoms with Gasteiger partial charge in [0.1, 0.15) is 0 Å². The third-order valence-electron chi connectivity index (χ3n) is 1.43. The van der Waals surface area contributed by atoms with Crippen LogP contribution in [0.2, 0.25) is 0 Å². The van der Waals surface area contributed by atoms with Gasteiger partial charge >= 0.3 is 24.1 Å². The van der Waals surface area contributed by atoms with Gasteiger partial charge in [0.05, 0.1) is 0 Å². The van der Waals surface area contributed by atoms with E-state index in [4.69, 9.17) is 5.11 Å². The Labute approximate surface area is 80.6 Å². The Kier molecular flexibility index (Phi) is 3.47. The van der Waals surface area contributed by atoms with Crippen molar-refractivity contribution in [1.29, 1.82) is 0 Å². The summed E-state index contributed by atoms with van der Waals surface area (Å²) in [6.07, 6.45) is -18.9. The first-order chi connectivity index (χ1) is 6.65. The van der Waals surface area contributed by atoms with Gasteiger partial charge in [-0.15, -0.1) is 0 Å². The quantitative estimate of drug-likeness (QED) is 0.763. The zero-order valence-electron chi connectivity index (χ0n) is 6.80. The second kappa shape index (κ2) is 3.64. The molecule has 98 valence electrons. The van der Waals surface area contributed by atoms with E-state index in [1.54, 1.807) is 0 Å². The van der Waals surface area contributed by atoms with Gasteiger partial charge in [-0.05, 0) is 0 Å². The van der Waals surface area contributed by atoms with Crippen LogP contribution < -0.4 is 0 Å². The van der Waals surface area contributed by atoms with Crippen molar-refractivity contribution in [3.8, 4) is 0 Å². The van der Waals surface area contributed by atoms with E-state index in [1.165, 1.54) is 0 Å². The fourth-order valence-corrected chi connectivity index (χ4v) is 0.528. The molecule has 0 fully saturated rings. The second-order valence-electron chi connectivity index (χ2n) is 2.65. The van der Waals surface area contributed by atoms with Gasteiger partial charge in [-0.3, -0.25) is 0 Å². The monoisotopic (exact) mass is 268 g/mol. The minimum Gasteiger partial charge on any atom is -0.352 e. The van der Waals surface area contributed by atoms with E-state index in [0.717, 1.165) is 0 Å². The van der Waals surface area contributed by atoms with Gasteiger partial charge in [-0.2, -0.15) is 39.5 Å². The maximum Gasteiger partial charge on any atom is 0.456 e. The molecule has 0 aliphatic rings. The van der Waals surface area contributed by atoms with Crippen LogP contribution in [0.1, 0.15) is 0 Å². The standard InChI is InChI=1S/C5H2F10O/c6-1(2(7,8)4(10,11)12)3(9,16)5(13,14)15/h1,16H. The Balaban J connectivity index is 5.30. The largest absolute Gasteiger partial charge is 0.456 e. The van der Waals surface area contributed by atoms with Crippen molar-refractivity contribution in [1.82, 2.24) is 0 Å². The van der Waals surface area contributed by atoms with Crippen LogP contribution in [-0.4, -0.2) is 35.4 Å². The van der Waals surface area contributed by atoms with Crippen LogP contribution in [0.25, 0.3) is 0 Å². The van der Waals surface area contributed by atoms with Crippen molar-refractivity contribution < 1.29 is 49.0 Å². The SMILES string of the molecule is OC(F)(C(F)C(F)(F)C(F)(F)F)C(F)(F)F. The molecule has 0 saturated heterocycles. The van der Waals surface area contributed by atoms with Gasteiger partial charge in [-0.1, -0.05) is 0 Å². The van der Waals surface area contributed by atoms with Gasteiger partial charge in [0.25, 0.3) is 0 Å². The van der Waals surface area contributed by atoms with E-state index in [0.29, 0.717) is 0 Å². The van der Waals surface area contributed by atoms with Gasteiger partial charge < -0.3 is 5.11 Å². The molecular weight excluding hydrogens is 266 g/mol. The fraction of sp³-hybridized carbons (Fsp3) is 1.00. The zero-order chi connectivity index (χ0) is 13.6. The van der Waals surface area contributed by atoms with Crippen molar-refractivity contribution in [2.24, 2.45) is 0 Å². The number of halogens is 10. The normalized spacial score (nSPS) is 20.4. The third-order valence-corrected chi connectivity index (χ3v) is 1.43. The van der Waals surface area contributed by atoms with E-state index in [9.17, 15) is 43.9 Å². The highest BCUT2D eigenvalue weighted by Crippen LogP contribution is 2.47. The van der Waals surface area contributed by atoms with E-state index in [2.05, 4.69) is 0 Å². The molecule has 0 heterocycles. The van der Waals surface area contributed by atoms with Crippen molar-refractivity contribution in [2.75, 3.05) is 0 Å². The summed E-state index contributed by atoms with van der Waals surface area (Å²) in [5, 5.41) is 7.67. The lowest BCUT2D eigenvalue weighted by Gasteiger charge is -2.31. The summed E-state index contributed by atoms with van der Waals surface area (Å²) in [6.45, 7) is 0. The molecule has 2 unspecified atom stereocenters. The molecule has 0 saturated carbocycles. The first-order valence-electron chi connectivity index (χ1n) is 3.22. The van der Waals surface area contributed by atoms with Crippen LogP contribution in [0.15, 0.2) is 0 Å². The molecule has 0 spiro atoms. The minimum absolute atomic E-state index is 5.51. The van der Waals surface area contributed by atoms with E-state index >= 15 is 0 Å². The minimum atomic E-state index is -6.77. The predicted octanol–water partition coefficient (Wildman–Crippen LogP) is 2.74. The molecule has 0 aromatic heterocycles. The van der Waals surface area contributed by atoms with Gasteiger partial charge in [0.15, 0.2) is 0 Å². The molecule has 0 aromatic carbocycles. The zero-order valence-corrected chi connectivity index (χ0v) is 6.80. The number of hydrogen-bond donors (Lipinski definition) is 1. The third kappa shape index (κ3) is 2.33. The van der Waals surface area contributed by atoms with Crippen LogP contribution in [0.5, 0.6) is 0 Å². The van der Waals surface area contributed by atoms with Gasteiger partial charge in [0, 0.05) is 0 Å². The van der Waals surface area contributed by atoms with Crippen LogP contribution in [-0.2, 0) is 0 Å². The molecular formula is C5H2F10O. The van der Waals surface area contributed by atoms with Gasteiger partial charge in [0.2, 0.25) is 6.17 Å². The smallest absolute Gasteiger partial charge is 0.352 e. The summed E-state index contributed by atoms with van der Waals surface area (Å²) in [5.74, 6) is -13.0. The predicted molar refractivity (Wildman–Crippen MR) is 28.0 cm³/mol. The molecule has 11 heteroatoms. The average molecular weight is 268 g/mol. The molecule has 1 N–H and O–H groups in total. The highest BCUT2D eigenvalue weighted by atomic mass is 19.4. The molecule has 0 aliphatic heterocycles. The van der Waals surface area contributed by atoms with Crippen molar-refractivity contribution in [3.63, 3.8) is 0 Å². The average Bonchev–Trinajstić information content (AvgIpc) is 1.98. The molecule has 0 amide bonds. The number of hydrogen-bond acceptors (Lipinski definition) is 1. The van der Waals surface area contributed by atoms with Crippen LogP contribution in [0.3, 0.4) is 0 Å². The molecule has 16 heavy (non-hydrogen) atoms. The Hall–Kier alpha value is -0.740. The molecule has 2 atom stereocenters. The first kappa shape index (κ1) is 15.3. The number of aliphatic hydroxyl groups is 1. The van der Waals surface area contributed by atoms with Crippen LogP contribution in [0, 0.1) is 0 Å².